The normalized spacial score (nSPS) is 26.5. The second-order valence-corrected chi connectivity index (χ2v) is 3.89. The molecule has 0 spiro atoms. The molecule has 1 atom stereocenters. The molecule has 0 amide bonds. The Morgan fingerprint density at radius 3 is 3.15 bits per heavy atom. The number of hydrogen-bond acceptors (Lipinski definition) is 2. The maximum atomic E-state index is 6.31. The average Bonchev–Trinajstić information content (AvgIpc) is 2.57. The van der Waals surface area contributed by atoms with Crippen LogP contribution in [0.25, 0.3) is 0 Å². The first-order valence-electron chi connectivity index (χ1n) is 4.17. The van der Waals surface area contributed by atoms with E-state index in [1.54, 1.807) is 12.5 Å². The van der Waals surface area contributed by atoms with Crippen LogP contribution in [0.4, 0.5) is 0 Å². The van der Waals surface area contributed by atoms with E-state index in [1.165, 1.54) is 0 Å². The smallest absolute Gasteiger partial charge is 0.105 e. The van der Waals surface area contributed by atoms with E-state index in [0.717, 1.165) is 5.76 Å². The summed E-state index contributed by atoms with van der Waals surface area (Å²) in [6, 6.07) is 3.79. The number of nitrogens with zero attached hydrogens (tertiary/aromatic N) is 1. The zero-order chi connectivity index (χ0) is 9.15. The van der Waals surface area contributed by atoms with Crippen LogP contribution in [0.1, 0.15) is 5.76 Å². The number of hydrogen-bond donors (Lipinski definition) is 0. The van der Waals surface area contributed by atoms with Gasteiger partial charge in [0.15, 0.2) is 0 Å². The summed E-state index contributed by atoms with van der Waals surface area (Å²) in [5, 5.41) is 0. The van der Waals surface area contributed by atoms with Gasteiger partial charge in [-0.2, -0.15) is 0 Å². The maximum absolute atomic E-state index is 6.31. The predicted molar refractivity (Wildman–Crippen MR) is 53.5 cm³/mol. The Labute approximate surface area is 81.9 Å². The molecule has 2 heterocycles. The summed E-state index contributed by atoms with van der Waals surface area (Å²) < 4.78 is 5.23. The monoisotopic (exact) mass is 195 g/mol. The molecule has 1 aromatic rings. The van der Waals surface area contributed by atoms with E-state index in [2.05, 4.69) is 4.99 Å². The first-order chi connectivity index (χ1) is 6.29. The maximum Gasteiger partial charge on any atom is 0.105 e. The number of halogens is 1. The highest BCUT2D eigenvalue weighted by Crippen LogP contribution is 2.25. The van der Waals surface area contributed by atoms with Gasteiger partial charge in [-0.15, -0.1) is 11.6 Å². The highest BCUT2D eigenvalue weighted by Gasteiger charge is 2.26. The molecule has 0 bridgehead atoms. The van der Waals surface area contributed by atoms with Gasteiger partial charge in [-0.25, -0.2) is 0 Å². The van der Waals surface area contributed by atoms with Crippen molar-refractivity contribution in [2.75, 3.05) is 6.54 Å². The molecule has 1 unspecified atom stereocenters. The van der Waals surface area contributed by atoms with Crippen molar-refractivity contribution in [3.8, 4) is 0 Å². The summed E-state index contributed by atoms with van der Waals surface area (Å²) in [5.41, 5.74) is 0. The Kier molecular flexibility index (Phi) is 2.23. The van der Waals surface area contributed by atoms with Crippen molar-refractivity contribution in [1.29, 1.82) is 0 Å². The number of dihydropyridines is 1. The van der Waals surface area contributed by atoms with Gasteiger partial charge in [-0.1, -0.05) is 6.08 Å². The zero-order valence-electron chi connectivity index (χ0n) is 7.11. The van der Waals surface area contributed by atoms with Crippen LogP contribution in [0.3, 0.4) is 0 Å². The van der Waals surface area contributed by atoms with Crippen molar-refractivity contribution in [1.82, 2.24) is 0 Å². The summed E-state index contributed by atoms with van der Waals surface area (Å²) in [6.07, 6.45) is 7.95. The second-order valence-electron chi connectivity index (χ2n) is 3.14. The lowest BCUT2D eigenvalue weighted by molar-refractivity contribution is 0.487. The number of furan rings is 1. The van der Waals surface area contributed by atoms with Gasteiger partial charge >= 0.3 is 0 Å². The van der Waals surface area contributed by atoms with Crippen LogP contribution in [-0.2, 0) is 6.42 Å². The van der Waals surface area contributed by atoms with Gasteiger partial charge < -0.3 is 4.42 Å². The number of alkyl halides is 1. The van der Waals surface area contributed by atoms with Gasteiger partial charge in [0, 0.05) is 12.6 Å². The third-order valence-corrected chi connectivity index (χ3v) is 2.37. The summed E-state index contributed by atoms with van der Waals surface area (Å²) in [6.45, 7) is 0.617. The summed E-state index contributed by atoms with van der Waals surface area (Å²) in [7, 11) is 0. The Bertz CT molecular complexity index is 329. The fourth-order valence-electron chi connectivity index (χ4n) is 1.35. The topological polar surface area (TPSA) is 25.5 Å². The van der Waals surface area contributed by atoms with E-state index in [4.69, 9.17) is 16.0 Å². The SMILES string of the molecule is ClC1(Cc2ccco2)C=CC=NC1. The zero-order valence-corrected chi connectivity index (χ0v) is 7.87. The van der Waals surface area contributed by atoms with Gasteiger partial charge in [0.25, 0.3) is 0 Å². The minimum atomic E-state index is -0.396. The molecule has 68 valence electrons. The van der Waals surface area contributed by atoms with E-state index in [1.807, 2.05) is 24.3 Å². The van der Waals surface area contributed by atoms with Crippen molar-refractivity contribution >= 4 is 17.8 Å². The van der Waals surface area contributed by atoms with Gasteiger partial charge in [0.2, 0.25) is 0 Å². The molecule has 0 saturated heterocycles. The minimum Gasteiger partial charge on any atom is -0.469 e. The quantitative estimate of drug-likeness (QED) is 0.666. The molecule has 1 aliphatic heterocycles. The lowest BCUT2D eigenvalue weighted by Crippen LogP contribution is -2.27. The van der Waals surface area contributed by atoms with Crippen LogP contribution in [0.2, 0.25) is 0 Å². The summed E-state index contributed by atoms with van der Waals surface area (Å²) in [5.74, 6) is 0.900. The van der Waals surface area contributed by atoms with Gasteiger partial charge in [-0.3, -0.25) is 4.99 Å². The average molecular weight is 196 g/mol. The Hall–Kier alpha value is -1.02. The summed E-state index contributed by atoms with van der Waals surface area (Å²) >= 11 is 6.31. The molecule has 0 radical (unpaired) electrons. The lowest BCUT2D eigenvalue weighted by atomic mass is 10.0. The Morgan fingerprint density at radius 1 is 1.62 bits per heavy atom. The molecule has 0 fully saturated rings. The predicted octanol–water partition coefficient (Wildman–Crippen LogP) is 2.44. The van der Waals surface area contributed by atoms with Gasteiger partial charge in [-0.05, 0) is 18.2 Å². The molecule has 1 aliphatic rings. The van der Waals surface area contributed by atoms with Crippen molar-refractivity contribution in [3.05, 3.63) is 36.3 Å². The molecular weight excluding hydrogens is 186 g/mol. The molecule has 0 N–H and O–H groups in total. The number of allylic oxidation sites excluding steroid dienone is 1. The third kappa shape index (κ3) is 2.01. The Morgan fingerprint density at radius 2 is 2.54 bits per heavy atom. The van der Waals surface area contributed by atoms with Crippen molar-refractivity contribution in [3.63, 3.8) is 0 Å². The molecule has 0 aliphatic carbocycles. The highest BCUT2D eigenvalue weighted by atomic mass is 35.5. The molecule has 13 heavy (non-hydrogen) atoms. The fourth-order valence-corrected chi connectivity index (χ4v) is 1.62. The highest BCUT2D eigenvalue weighted by molar-refractivity contribution is 6.26. The largest absolute Gasteiger partial charge is 0.469 e. The third-order valence-electron chi connectivity index (χ3n) is 1.99. The number of aliphatic imine (C=N–C) groups is 1. The van der Waals surface area contributed by atoms with Crippen LogP contribution >= 0.6 is 11.6 Å². The lowest BCUT2D eigenvalue weighted by Gasteiger charge is -2.21. The van der Waals surface area contributed by atoms with Crippen LogP contribution < -0.4 is 0 Å². The Balaban J connectivity index is 2.09. The minimum absolute atomic E-state index is 0.396. The van der Waals surface area contributed by atoms with E-state index in [9.17, 15) is 0 Å². The molecule has 2 nitrogen and oxygen atoms in total. The van der Waals surface area contributed by atoms with Gasteiger partial charge in [0.1, 0.15) is 5.76 Å². The number of rotatable bonds is 2. The van der Waals surface area contributed by atoms with Crippen molar-refractivity contribution < 1.29 is 4.42 Å². The molecular formula is C10H10ClNO. The van der Waals surface area contributed by atoms with E-state index in [0.29, 0.717) is 13.0 Å². The first kappa shape index (κ1) is 8.57. The molecule has 0 saturated carbocycles. The van der Waals surface area contributed by atoms with Crippen molar-refractivity contribution in [2.45, 2.75) is 11.3 Å². The van der Waals surface area contributed by atoms with E-state index >= 15 is 0 Å². The molecule has 3 heteroatoms. The molecule has 0 aromatic carbocycles. The first-order valence-corrected chi connectivity index (χ1v) is 4.55. The van der Waals surface area contributed by atoms with Crippen molar-refractivity contribution in [2.24, 2.45) is 4.99 Å². The van der Waals surface area contributed by atoms with Crippen LogP contribution in [0.5, 0.6) is 0 Å². The van der Waals surface area contributed by atoms with E-state index in [-0.39, 0.29) is 0 Å². The van der Waals surface area contributed by atoms with E-state index < -0.39 is 4.87 Å². The van der Waals surface area contributed by atoms with Crippen LogP contribution in [0, 0.1) is 0 Å². The van der Waals surface area contributed by atoms with Crippen LogP contribution in [-0.4, -0.2) is 17.6 Å². The standard InChI is InChI=1S/C10H10ClNO/c11-10(4-2-5-12-8-10)7-9-3-1-6-13-9/h1-6H,7-8H2. The molecule has 2 rings (SSSR count). The van der Waals surface area contributed by atoms with Gasteiger partial charge in [0.05, 0.1) is 17.7 Å². The fraction of sp³-hybridized carbons (Fsp3) is 0.300. The summed E-state index contributed by atoms with van der Waals surface area (Å²) in [4.78, 5) is 3.73. The van der Waals surface area contributed by atoms with Crippen LogP contribution in [0.15, 0.2) is 40.0 Å². The second kappa shape index (κ2) is 3.38. The molecule has 1 aromatic heterocycles.